The zero-order chi connectivity index (χ0) is 13.0. The molecule has 1 unspecified atom stereocenters. The third-order valence-corrected chi connectivity index (χ3v) is 3.84. The van der Waals surface area contributed by atoms with Gasteiger partial charge < -0.3 is 10.6 Å². The first-order valence-corrected chi connectivity index (χ1v) is 6.48. The molecular weight excluding hydrogens is 230 g/mol. The van der Waals surface area contributed by atoms with Gasteiger partial charge in [0.1, 0.15) is 0 Å². The van der Waals surface area contributed by atoms with Crippen LogP contribution in [-0.4, -0.2) is 40.5 Å². The lowest BCUT2D eigenvalue weighted by Crippen LogP contribution is -2.46. The molecule has 1 saturated heterocycles. The zero-order valence-corrected chi connectivity index (χ0v) is 11.0. The Morgan fingerprint density at radius 2 is 2.44 bits per heavy atom. The van der Waals surface area contributed by atoms with Crippen molar-refractivity contribution < 1.29 is 4.79 Å². The number of nitrogens with one attached hydrogen (secondary N) is 2. The lowest BCUT2D eigenvalue weighted by atomic mass is 9.75. The molecular formula is C12H21N5O. The van der Waals surface area contributed by atoms with E-state index in [0.29, 0.717) is 19.0 Å². The largest absolute Gasteiger partial charge is 0.354 e. The van der Waals surface area contributed by atoms with Gasteiger partial charge in [-0.15, -0.1) is 5.10 Å². The highest BCUT2D eigenvalue weighted by molar-refractivity contribution is 5.83. The van der Waals surface area contributed by atoms with Gasteiger partial charge in [0.05, 0.1) is 18.2 Å². The Morgan fingerprint density at radius 1 is 1.61 bits per heavy atom. The first kappa shape index (κ1) is 13.0. The zero-order valence-electron chi connectivity index (χ0n) is 11.0. The fourth-order valence-corrected chi connectivity index (χ4v) is 2.47. The highest BCUT2D eigenvalue weighted by atomic mass is 16.2. The molecule has 1 aromatic rings. The van der Waals surface area contributed by atoms with Crippen molar-refractivity contribution in [3.63, 3.8) is 0 Å². The molecule has 1 aromatic heterocycles. The number of aromatic nitrogens is 3. The molecule has 0 aromatic carbocycles. The third kappa shape index (κ3) is 2.53. The van der Waals surface area contributed by atoms with Crippen molar-refractivity contribution in [1.29, 1.82) is 0 Å². The van der Waals surface area contributed by atoms with Crippen molar-refractivity contribution >= 4 is 5.91 Å². The van der Waals surface area contributed by atoms with Crippen LogP contribution in [0.4, 0.5) is 0 Å². The summed E-state index contributed by atoms with van der Waals surface area (Å²) >= 11 is 0. The Morgan fingerprint density at radius 3 is 3.00 bits per heavy atom. The second kappa shape index (κ2) is 5.48. The Kier molecular flexibility index (Phi) is 3.96. The van der Waals surface area contributed by atoms with E-state index in [1.165, 1.54) is 0 Å². The van der Waals surface area contributed by atoms with E-state index < -0.39 is 0 Å². The van der Waals surface area contributed by atoms with E-state index in [1.807, 2.05) is 0 Å². The molecule has 0 aliphatic carbocycles. The molecule has 1 aliphatic rings. The van der Waals surface area contributed by atoms with E-state index in [0.717, 1.165) is 19.5 Å². The summed E-state index contributed by atoms with van der Waals surface area (Å²) in [5.74, 6) is 0.501. The van der Waals surface area contributed by atoms with Crippen molar-refractivity contribution in [2.24, 2.45) is 11.3 Å². The van der Waals surface area contributed by atoms with Crippen molar-refractivity contribution in [2.45, 2.75) is 26.8 Å². The minimum atomic E-state index is -0.248. The average molecular weight is 251 g/mol. The number of nitrogens with zero attached hydrogens (tertiary/aromatic N) is 3. The molecule has 1 atom stereocenters. The molecule has 1 amide bonds. The fraction of sp³-hybridized carbons (Fsp3) is 0.750. The second-order valence-corrected chi connectivity index (χ2v) is 5.16. The number of hydrogen-bond donors (Lipinski definition) is 2. The van der Waals surface area contributed by atoms with Crippen LogP contribution < -0.4 is 10.6 Å². The smallest absolute Gasteiger partial charge is 0.227 e. The van der Waals surface area contributed by atoms with Crippen LogP contribution in [0.5, 0.6) is 0 Å². The number of carbonyl (C=O) groups excluding carboxylic acids is 1. The lowest BCUT2D eigenvalue weighted by molar-refractivity contribution is -0.132. The van der Waals surface area contributed by atoms with Crippen molar-refractivity contribution in [3.05, 3.63) is 12.4 Å². The van der Waals surface area contributed by atoms with Gasteiger partial charge in [-0.25, -0.2) is 0 Å². The van der Waals surface area contributed by atoms with Crippen LogP contribution in [0.15, 0.2) is 12.4 Å². The molecule has 0 spiro atoms. The highest BCUT2D eigenvalue weighted by Crippen LogP contribution is 2.34. The molecule has 2 heterocycles. The number of amides is 1. The average Bonchev–Trinajstić information content (AvgIpc) is 3.00. The summed E-state index contributed by atoms with van der Waals surface area (Å²) in [5.41, 5.74) is -0.248. The predicted molar refractivity (Wildman–Crippen MR) is 67.8 cm³/mol. The highest BCUT2D eigenvalue weighted by Gasteiger charge is 2.43. The normalized spacial score (nSPS) is 23.5. The summed E-state index contributed by atoms with van der Waals surface area (Å²) < 4.78 is 1.72. The van der Waals surface area contributed by atoms with E-state index in [2.05, 4.69) is 34.8 Å². The second-order valence-electron chi connectivity index (χ2n) is 5.16. The molecule has 1 fully saturated rings. The summed E-state index contributed by atoms with van der Waals surface area (Å²) in [7, 11) is 0. The summed E-state index contributed by atoms with van der Waals surface area (Å²) in [6, 6.07) is 0. The van der Waals surface area contributed by atoms with Gasteiger partial charge in [-0.3, -0.25) is 9.48 Å². The van der Waals surface area contributed by atoms with Crippen LogP contribution in [0.3, 0.4) is 0 Å². The number of carbonyl (C=O) groups is 1. The van der Waals surface area contributed by atoms with Gasteiger partial charge >= 0.3 is 0 Å². The Labute approximate surface area is 107 Å². The van der Waals surface area contributed by atoms with E-state index >= 15 is 0 Å². The maximum Gasteiger partial charge on any atom is 0.227 e. The maximum atomic E-state index is 12.3. The quantitative estimate of drug-likeness (QED) is 0.774. The third-order valence-electron chi connectivity index (χ3n) is 3.84. The van der Waals surface area contributed by atoms with E-state index in [4.69, 9.17) is 0 Å². The van der Waals surface area contributed by atoms with Crippen molar-refractivity contribution in [3.8, 4) is 0 Å². The maximum absolute atomic E-state index is 12.3. The van der Waals surface area contributed by atoms with Crippen LogP contribution in [0.2, 0.25) is 0 Å². The van der Waals surface area contributed by atoms with Crippen molar-refractivity contribution in [1.82, 2.24) is 25.6 Å². The SMILES string of the molecule is CC(C)C1(C(=O)NCCn2ccnn2)CCNC1. The van der Waals surface area contributed by atoms with Gasteiger partial charge in [0, 0.05) is 19.3 Å². The lowest BCUT2D eigenvalue weighted by Gasteiger charge is -2.31. The van der Waals surface area contributed by atoms with Gasteiger partial charge in [0.25, 0.3) is 0 Å². The first-order valence-electron chi connectivity index (χ1n) is 6.48. The van der Waals surface area contributed by atoms with Crippen molar-refractivity contribution in [2.75, 3.05) is 19.6 Å². The summed E-state index contributed by atoms with van der Waals surface area (Å²) in [4.78, 5) is 12.3. The van der Waals surface area contributed by atoms with Gasteiger partial charge in [0.15, 0.2) is 0 Å². The topological polar surface area (TPSA) is 71.8 Å². The molecule has 18 heavy (non-hydrogen) atoms. The minimum absolute atomic E-state index is 0.155. The van der Waals surface area contributed by atoms with Crippen LogP contribution in [0.25, 0.3) is 0 Å². The molecule has 2 rings (SSSR count). The number of hydrogen-bond acceptors (Lipinski definition) is 4. The van der Waals surface area contributed by atoms with E-state index in [1.54, 1.807) is 17.1 Å². The Hall–Kier alpha value is -1.43. The standard InChI is InChI=1S/C12H21N5O/c1-10(2)12(3-4-13-9-12)11(18)14-5-7-17-8-6-15-16-17/h6,8,10,13H,3-5,7,9H2,1-2H3,(H,14,18). The first-order chi connectivity index (χ1) is 8.65. The van der Waals surface area contributed by atoms with E-state index in [-0.39, 0.29) is 11.3 Å². The summed E-state index contributed by atoms with van der Waals surface area (Å²) in [5, 5.41) is 13.9. The van der Waals surface area contributed by atoms with Gasteiger partial charge in [-0.05, 0) is 18.9 Å². The van der Waals surface area contributed by atoms with Gasteiger partial charge in [-0.1, -0.05) is 19.1 Å². The molecule has 6 nitrogen and oxygen atoms in total. The minimum Gasteiger partial charge on any atom is -0.354 e. The number of rotatable bonds is 5. The molecule has 0 bridgehead atoms. The fourth-order valence-electron chi connectivity index (χ4n) is 2.47. The van der Waals surface area contributed by atoms with Gasteiger partial charge in [0.2, 0.25) is 5.91 Å². The monoisotopic (exact) mass is 251 g/mol. The molecule has 100 valence electrons. The summed E-state index contributed by atoms with van der Waals surface area (Å²) in [6.45, 7) is 7.19. The molecule has 0 saturated carbocycles. The Bertz CT molecular complexity index is 381. The summed E-state index contributed by atoms with van der Waals surface area (Å²) in [6.07, 6.45) is 4.35. The van der Waals surface area contributed by atoms with Gasteiger partial charge in [-0.2, -0.15) is 0 Å². The van der Waals surface area contributed by atoms with Crippen LogP contribution in [-0.2, 0) is 11.3 Å². The molecule has 0 radical (unpaired) electrons. The van der Waals surface area contributed by atoms with E-state index in [9.17, 15) is 4.79 Å². The van der Waals surface area contributed by atoms with Crippen LogP contribution in [0, 0.1) is 11.3 Å². The predicted octanol–water partition coefficient (Wildman–Crippen LogP) is 0.0300. The molecule has 6 heteroatoms. The Balaban J connectivity index is 1.86. The molecule has 1 aliphatic heterocycles. The molecule has 2 N–H and O–H groups in total. The van der Waals surface area contributed by atoms with Crippen LogP contribution >= 0.6 is 0 Å². The van der Waals surface area contributed by atoms with Crippen LogP contribution in [0.1, 0.15) is 20.3 Å².